The van der Waals surface area contributed by atoms with Crippen LogP contribution in [0, 0.1) is 0 Å². The van der Waals surface area contributed by atoms with Gasteiger partial charge in [-0.1, -0.05) is 43.7 Å². The van der Waals surface area contributed by atoms with Crippen molar-refractivity contribution in [1.82, 2.24) is 0 Å². The van der Waals surface area contributed by atoms with Crippen molar-refractivity contribution in [3.8, 4) is 0 Å². The topological polar surface area (TPSA) is 9.23 Å². The quantitative estimate of drug-likeness (QED) is 0.655. The molecule has 1 aromatic carbocycles. The zero-order chi connectivity index (χ0) is 9.52. The van der Waals surface area contributed by atoms with Gasteiger partial charge in [-0.3, -0.25) is 0 Å². The van der Waals surface area contributed by atoms with E-state index in [1.54, 1.807) is 0 Å². The summed E-state index contributed by atoms with van der Waals surface area (Å²) in [4.78, 5) is 0. The van der Waals surface area contributed by atoms with Crippen molar-refractivity contribution in [2.24, 2.45) is 0 Å². The minimum Gasteiger partial charge on any atom is -0.416 e. The van der Waals surface area contributed by atoms with E-state index in [4.69, 9.17) is 4.43 Å². The van der Waals surface area contributed by atoms with Crippen LogP contribution in [-0.2, 0) is 11.0 Å². The Morgan fingerprint density at radius 2 is 1.92 bits per heavy atom. The molecule has 0 aromatic heterocycles. The van der Waals surface area contributed by atoms with Gasteiger partial charge in [0.05, 0.1) is 6.61 Å². The maximum Gasteiger partial charge on any atom is 0.174 e. The Labute approximate surface area is 82.5 Å². The minimum atomic E-state index is -0.872. The Balaban J connectivity index is 2.27. The number of benzene rings is 1. The molecule has 1 aromatic rings. The highest BCUT2D eigenvalue weighted by Crippen LogP contribution is 2.04. The molecule has 1 atom stereocenters. The van der Waals surface area contributed by atoms with Gasteiger partial charge in [0.2, 0.25) is 0 Å². The SMILES string of the molecule is CCC[SiH](C)OCc1ccccc1. The lowest BCUT2D eigenvalue weighted by molar-refractivity contribution is 0.310. The number of hydrogen-bond acceptors (Lipinski definition) is 1. The summed E-state index contributed by atoms with van der Waals surface area (Å²) in [5.41, 5.74) is 1.29. The molecule has 2 heteroatoms. The smallest absolute Gasteiger partial charge is 0.174 e. The molecule has 0 heterocycles. The molecule has 0 spiro atoms. The lowest BCUT2D eigenvalue weighted by atomic mass is 10.2. The fraction of sp³-hybridized carbons (Fsp3) is 0.455. The molecule has 1 rings (SSSR count). The Morgan fingerprint density at radius 3 is 2.54 bits per heavy atom. The molecule has 13 heavy (non-hydrogen) atoms. The molecule has 0 fully saturated rings. The van der Waals surface area contributed by atoms with Crippen molar-refractivity contribution in [1.29, 1.82) is 0 Å². The standard InChI is InChI=1S/C11H18OSi/c1-3-9-13(2)12-10-11-7-5-4-6-8-11/h4-8,13H,3,9-10H2,1-2H3. The van der Waals surface area contributed by atoms with Crippen molar-refractivity contribution in [2.75, 3.05) is 0 Å². The Morgan fingerprint density at radius 1 is 1.23 bits per heavy atom. The van der Waals surface area contributed by atoms with E-state index in [1.807, 2.05) is 6.07 Å². The Kier molecular flexibility index (Phi) is 4.79. The second-order valence-corrected chi connectivity index (χ2v) is 5.93. The normalized spacial score (nSPS) is 12.8. The van der Waals surface area contributed by atoms with Crippen LogP contribution in [-0.4, -0.2) is 9.04 Å². The summed E-state index contributed by atoms with van der Waals surface area (Å²) in [6, 6.07) is 11.7. The first-order valence-electron chi connectivity index (χ1n) is 4.98. The minimum absolute atomic E-state index is 0.800. The highest BCUT2D eigenvalue weighted by Gasteiger charge is 2.02. The van der Waals surface area contributed by atoms with E-state index in [-0.39, 0.29) is 0 Å². The van der Waals surface area contributed by atoms with Crippen LogP contribution in [0.3, 0.4) is 0 Å². The largest absolute Gasteiger partial charge is 0.416 e. The van der Waals surface area contributed by atoms with Gasteiger partial charge in [-0.25, -0.2) is 0 Å². The third kappa shape index (κ3) is 4.25. The summed E-state index contributed by atoms with van der Waals surface area (Å²) in [6.07, 6.45) is 1.25. The zero-order valence-corrected chi connectivity index (χ0v) is 9.65. The van der Waals surface area contributed by atoms with Crippen LogP contribution in [0.15, 0.2) is 30.3 Å². The fourth-order valence-electron chi connectivity index (χ4n) is 1.30. The van der Waals surface area contributed by atoms with E-state index in [1.165, 1.54) is 18.0 Å². The van der Waals surface area contributed by atoms with Crippen molar-refractivity contribution < 1.29 is 4.43 Å². The second-order valence-electron chi connectivity index (χ2n) is 3.40. The van der Waals surface area contributed by atoms with Crippen LogP contribution >= 0.6 is 0 Å². The molecular weight excluding hydrogens is 176 g/mol. The van der Waals surface area contributed by atoms with E-state index >= 15 is 0 Å². The first-order chi connectivity index (χ1) is 6.33. The van der Waals surface area contributed by atoms with E-state index in [9.17, 15) is 0 Å². The Bertz CT molecular complexity index is 223. The van der Waals surface area contributed by atoms with Gasteiger partial charge in [0, 0.05) is 0 Å². The maximum absolute atomic E-state index is 5.81. The average Bonchev–Trinajstić information content (AvgIpc) is 2.17. The summed E-state index contributed by atoms with van der Waals surface area (Å²) in [7, 11) is -0.872. The molecule has 0 amide bonds. The highest BCUT2D eigenvalue weighted by atomic mass is 28.3. The molecule has 0 N–H and O–H groups in total. The van der Waals surface area contributed by atoms with Crippen molar-refractivity contribution >= 4 is 9.04 Å². The highest BCUT2D eigenvalue weighted by molar-refractivity contribution is 6.50. The molecule has 72 valence electrons. The molecule has 0 aliphatic carbocycles. The summed E-state index contributed by atoms with van der Waals surface area (Å²) in [5, 5.41) is 0. The van der Waals surface area contributed by atoms with E-state index in [0.717, 1.165) is 6.61 Å². The molecule has 0 saturated carbocycles. The lowest BCUT2D eigenvalue weighted by Gasteiger charge is -2.10. The molecule has 0 bridgehead atoms. The van der Waals surface area contributed by atoms with Gasteiger partial charge in [-0.2, -0.15) is 0 Å². The molecule has 0 aliphatic rings. The van der Waals surface area contributed by atoms with E-state index in [2.05, 4.69) is 37.7 Å². The average molecular weight is 194 g/mol. The zero-order valence-electron chi connectivity index (χ0n) is 8.49. The van der Waals surface area contributed by atoms with Crippen LogP contribution in [0.4, 0.5) is 0 Å². The fourth-order valence-corrected chi connectivity index (χ4v) is 2.76. The summed E-state index contributed by atoms with van der Waals surface area (Å²) in [5.74, 6) is 0. The molecule has 1 nitrogen and oxygen atoms in total. The van der Waals surface area contributed by atoms with Gasteiger partial charge in [0.25, 0.3) is 0 Å². The van der Waals surface area contributed by atoms with Crippen molar-refractivity contribution in [2.45, 2.75) is 32.5 Å². The van der Waals surface area contributed by atoms with Gasteiger partial charge in [-0.15, -0.1) is 0 Å². The molecular formula is C11H18OSi. The molecule has 0 aliphatic heterocycles. The Hall–Kier alpha value is -0.603. The van der Waals surface area contributed by atoms with Gasteiger partial charge in [0.15, 0.2) is 9.04 Å². The second kappa shape index (κ2) is 5.94. The monoisotopic (exact) mass is 194 g/mol. The lowest BCUT2D eigenvalue weighted by Crippen LogP contribution is -2.12. The maximum atomic E-state index is 5.81. The summed E-state index contributed by atoms with van der Waals surface area (Å²) < 4.78 is 5.81. The predicted molar refractivity (Wildman–Crippen MR) is 59.3 cm³/mol. The summed E-state index contributed by atoms with van der Waals surface area (Å²) >= 11 is 0. The van der Waals surface area contributed by atoms with Crippen LogP contribution in [0.2, 0.25) is 12.6 Å². The molecule has 0 radical (unpaired) electrons. The van der Waals surface area contributed by atoms with Crippen LogP contribution in [0.5, 0.6) is 0 Å². The van der Waals surface area contributed by atoms with Crippen LogP contribution < -0.4 is 0 Å². The van der Waals surface area contributed by atoms with Gasteiger partial charge >= 0.3 is 0 Å². The first kappa shape index (κ1) is 10.5. The third-order valence-corrected chi connectivity index (χ3v) is 4.20. The predicted octanol–water partition coefficient (Wildman–Crippen LogP) is 2.97. The van der Waals surface area contributed by atoms with Crippen LogP contribution in [0.1, 0.15) is 18.9 Å². The van der Waals surface area contributed by atoms with E-state index in [0.29, 0.717) is 0 Å². The van der Waals surface area contributed by atoms with E-state index < -0.39 is 9.04 Å². The summed E-state index contributed by atoms with van der Waals surface area (Å²) in [6.45, 7) is 5.29. The van der Waals surface area contributed by atoms with Gasteiger partial charge in [0.1, 0.15) is 0 Å². The van der Waals surface area contributed by atoms with Gasteiger partial charge in [-0.05, 0) is 18.2 Å². The van der Waals surface area contributed by atoms with Gasteiger partial charge < -0.3 is 4.43 Å². The molecule has 1 unspecified atom stereocenters. The molecule has 0 saturated heterocycles. The van der Waals surface area contributed by atoms with Crippen LogP contribution in [0.25, 0.3) is 0 Å². The van der Waals surface area contributed by atoms with Crippen molar-refractivity contribution in [3.63, 3.8) is 0 Å². The first-order valence-corrected chi connectivity index (χ1v) is 7.42. The van der Waals surface area contributed by atoms with Crippen molar-refractivity contribution in [3.05, 3.63) is 35.9 Å². The number of hydrogen-bond donors (Lipinski definition) is 0. The number of rotatable bonds is 5. The third-order valence-electron chi connectivity index (χ3n) is 2.07.